The maximum atomic E-state index is 14.6. The third-order valence-electron chi connectivity index (χ3n) is 8.73. The van der Waals surface area contributed by atoms with Gasteiger partial charge in [-0.3, -0.25) is 10.1 Å². The normalized spacial score (nSPS) is 19.5. The Morgan fingerprint density at radius 2 is 1.02 bits per heavy atom. The van der Waals surface area contributed by atoms with Crippen LogP contribution in [-0.2, 0) is 55.4 Å². The van der Waals surface area contributed by atoms with Crippen molar-refractivity contribution >= 4 is 15.7 Å². The molecule has 264 valence electrons. The van der Waals surface area contributed by atoms with E-state index in [2.05, 4.69) is 0 Å². The number of ether oxygens (including phenoxy) is 4. The van der Waals surface area contributed by atoms with E-state index in [9.17, 15) is 18.5 Å². The van der Waals surface area contributed by atoms with Crippen LogP contribution in [0.4, 0.5) is 5.69 Å². The summed E-state index contributed by atoms with van der Waals surface area (Å²) >= 11 is 0. The minimum absolute atomic E-state index is 0.0167. The molecule has 10 nitrogen and oxygen atoms in total. The molecule has 6 rings (SSSR count). The summed E-state index contributed by atoms with van der Waals surface area (Å²) in [5.74, 6) is 0. The van der Waals surface area contributed by atoms with Crippen molar-refractivity contribution in [1.29, 1.82) is 0 Å². The molecular formula is C40H40N2O8S. The van der Waals surface area contributed by atoms with Gasteiger partial charge in [0.1, 0.15) is 18.3 Å². The zero-order valence-electron chi connectivity index (χ0n) is 28.0. The molecule has 5 aromatic carbocycles. The number of nitro benzene ring substituents is 1. The van der Waals surface area contributed by atoms with E-state index >= 15 is 0 Å². The molecule has 51 heavy (non-hydrogen) atoms. The van der Waals surface area contributed by atoms with Crippen LogP contribution >= 0.6 is 0 Å². The van der Waals surface area contributed by atoms with Gasteiger partial charge >= 0.3 is 0 Å². The fourth-order valence-electron chi connectivity index (χ4n) is 6.08. The van der Waals surface area contributed by atoms with Crippen molar-refractivity contribution in [2.75, 3.05) is 13.2 Å². The highest BCUT2D eigenvalue weighted by Gasteiger charge is 2.50. The number of benzene rings is 5. The van der Waals surface area contributed by atoms with Crippen LogP contribution in [0.5, 0.6) is 0 Å². The van der Waals surface area contributed by atoms with Crippen molar-refractivity contribution in [1.82, 2.24) is 4.31 Å². The standard InChI is InChI=1S/C40H40N2O8S/c43-42(44)35-21-23-36(24-22-35)51(45,46)41-25-38(48-27-32-15-7-2-8-16-32)40(50-29-34-19-11-4-12-20-34)39(49-28-33-17-9-3-10-18-33)37(41)30-47-26-31-13-5-1-6-14-31/h1-24,37-40H,25-30H2/t37-,38-,39+,40+/m0/s1. The fourth-order valence-corrected chi connectivity index (χ4v) is 7.71. The first-order valence-electron chi connectivity index (χ1n) is 16.7. The Hall–Kier alpha value is -4.75. The molecule has 0 unspecified atom stereocenters. The third-order valence-corrected chi connectivity index (χ3v) is 10.6. The Morgan fingerprint density at radius 3 is 1.49 bits per heavy atom. The zero-order valence-corrected chi connectivity index (χ0v) is 28.8. The molecule has 11 heteroatoms. The van der Waals surface area contributed by atoms with Gasteiger partial charge in [-0.15, -0.1) is 0 Å². The summed E-state index contributed by atoms with van der Waals surface area (Å²) in [5.41, 5.74) is 3.48. The fraction of sp³-hybridized carbons (Fsp3) is 0.250. The van der Waals surface area contributed by atoms with Crippen molar-refractivity contribution in [2.45, 2.75) is 55.7 Å². The van der Waals surface area contributed by atoms with Gasteiger partial charge in [-0.2, -0.15) is 4.31 Å². The molecule has 0 N–H and O–H groups in total. The highest BCUT2D eigenvalue weighted by atomic mass is 32.2. The summed E-state index contributed by atoms with van der Waals surface area (Å²) < 4.78 is 56.7. The Labute approximate surface area is 298 Å². The van der Waals surface area contributed by atoms with E-state index in [4.69, 9.17) is 18.9 Å². The summed E-state index contributed by atoms with van der Waals surface area (Å²) in [5, 5.41) is 11.4. The lowest BCUT2D eigenvalue weighted by molar-refractivity contribution is -0.384. The predicted molar refractivity (Wildman–Crippen MR) is 192 cm³/mol. The maximum Gasteiger partial charge on any atom is 0.269 e. The largest absolute Gasteiger partial charge is 0.375 e. The number of nitrogens with zero attached hydrogens (tertiary/aromatic N) is 2. The first-order valence-corrected chi connectivity index (χ1v) is 18.2. The molecule has 1 aliphatic heterocycles. The van der Waals surface area contributed by atoms with Gasteiger partial charge in [0.05, 0.1) is 48.9 Å². The maximum absolute atomic E-state index is 14.6. The van der Waals surface area contributed by atoms with Gasteiger partial charge in [0.2, 0.25) is 10.0 Å². The van der Waals surface area contributed by atoms with Crippen LogP contribution in [-0.4, -0.2) is 55.2 Å². The SMILES string of the molecule is O=[N+]([O-])c1ccc(S(=O)(=O)N2C[C@H](OCc3ccccc3)[C@@H](OCc3ccccc3)[C@H](OCc3ccccc3)[C@@H]2COCc2ccccc2)cc1. The highest BCUT2D eigenvalue weighted by molar-refractivity contribution is 7.89. The van der Waals surface area contributed by atoms with E-state index in [1.807, 2.05) is 121 Å². The molecule has 0 bridgehead atoms. The van der Waals surface area contributed by atoms with Crippen LogP contribution in [0.15, 0.2) is 150 Å². The van der Waals surface area contributed by atoms with Crippen molar-refractivity contribution in [3.63, 3.8) is 0 Å². The van der Waals surface area contributed by atoms with E-state index in [0.29, 0.717) is 0 Å². The molecule has 5 aromatic rings. The van der Waals surface area contributed by atoms with E-state index in [-0.39, 0.29) is 50.2 Å². The third kappa shape index (κ3) is 9.53. The minimum atomic E-state index is -4.26. The van der Waals surface area contributed by atoms with Gasteiger partial charge in [0.15, 0.2) is 0 Å². The monoisotopic (exact) mass is 708 g/mol. The Kier molecular flexibility index (Phi) is 12.3. The molecule has 0 aliphatic carbocycles. The smallest absolute Gasteiger partial charge is 0.269 e. The Morgan fingerprint density at radius 1 is 0.588 bits per heavy atom. The number of nitro groups is 1. The van der Waals surface area contributed by atoms with Crippen LogP contribution in [0.25, 0.3) is 0 Å². The summed E-state index contributed by atoms with van der Waals surface area (Å²) in [4.78, 5) is 10.7. The molecule has 0 radical (unpaired) electrons. The number of rotatable bonds is 16. The van der Waals surface area contributed by atoms with E-state index in [1.54, 1.807) is 0 Å². The lowest BCUT2D eigenvalue weighted by atomic mass is 9.95. The van der Waals surface area contributed by atoms with Crippen LogP contribution in [0.2, 0.25) is 0 Å². The number of hydrogen-bond acceptors (Lipinski definition) is 8. The summed E-state index contributed by atoms with van der Waals surface area (Å²) in [6.07, 6.45) is -2.30. The topological polar surface area (TPSA) is 117 Å². The molecule has 0 amide bonds. The predicted octanol–water partition coefficient (Wildman–Crippen LogP) is 6.94. The first kappa shape index (κ1) is 36.1. The second kappa shape index (κ2) is 17.5. The zero-order chi connectivity index (χ0) is 35.5. The van der Waals surface area contributed by atoms with Gasteiger partial charge in [0.25, 0.3) is 5.69 Å². The molecule has 1 fully saturated rings. The second-order valence-electron chi connectivity index (χ2n) is 12.3. The number of sulfonamides is 1. The Balaban J connectivity index is 1.39. The summed E-state index contributed by atoms with van der Waals surface area (Å²) in [7, 11) is -4.26. The van der Waals surface area contributed by atoms with Crippen molar-refractivity contribution < 1.29 is 32.3 Å². The summed E-state index contributed by atoms with van der Waals surface area (Å²) in [6, 6.07) is 42.7. The lowest BCUT2D eigenvalue weighted by Gasteiger charge is -2.47. The van der Waals surface area contributed by atoms with E-state index in [1.165, 1.54) is 28.6 Å². The lowest BCUT2D eigenvalue weighted by Crippen LogP contribution is -2.65. The van der Waals surface area contributed by atoms with Gasteiger partial charge in [-0.05, 0) is 34.4 Å². The van der Waals surface area contributed by atoms with Gasteiger partial charge in [-0.25, -0.2) is 8.42 Å². The first-order chi connectivity index (χ1) is 24.9. The molecule has 4 atom stereocenters. The van der Waals surface area contributed by atoms with Gasteiger partial charge < -0.3 is 18.9 Å². The summed E-state index contributed by atoms with van der Waals surface area (Å²) in [6.45, 7) is 0.797. The van der Waals surface area contributed by atoms with Crippen LogP contribution in [0.3, 0.4) is 0 Å². The Bertz CT molecular complexity index is 1920. The van der Waals surface area contributed by atoms with E-state index < -0.39 is 39.3 Å². The average molecular weight is 709 g/mol. The van der Waals surface area contributed by atoms with Crippen molar-refractivity contribution in [2.24, 2.45) is 0 Å². The molecule has 1 saturated heterocycles. The average Bonchev–Trinajstić information content (AvgIpc) is 3.17. The number of non-ortho nitro benzene ring substituents is 1. The van der Waals surface area contributed by atoms with Gasteiger partial charge in [0, 0.05) is 18.7 Å². The quantitative estimate of drug-likeness (QED) is 0.0800. The minimum Gasteiger partial charge on any atom is -0.375 e. The van der Waals surface area contributed by atoms with Crippen molar-refractivity contribution in [3.8, 4) is 0 Å². The number of piperidine rings is 1. The molecular weight excluding hydrogens is 669 g/mol. The van der Waals surface area contributed by atoms with E-state index in [0.717, 1.165) is 22.3 Å². The highest BCUT2D eigenvalue weighted by Crippen LogP contribution is 2.33. The number of hydrogen-bond donors (Lipinski definition) is 0. The van der Waals surface area contributed by atoms with Gasteiger partial charge in [-0.1, -0.05) is 121 Å². The van der Waals surface area contributed by atoms with Crippen LogP contribution < -0.4 is 0 Å². The second-order valence-corrected chi connectivity index (χ2v) is 14.1. The molecule has 1 aliphatic rings. The van der Waals surface area contributed by atoms with Crippen LogP contribution in [0.1, 0.15) is 22.3 Å². The van der Waals surface area contributed by atoms with Crippen molar-refractivity contribution in [3.05, 3.63) is 178 Å². The molecule has 0 saturated carbocycles. The molecule has 1 heterocycles. The molecule has 0 aromatic heterocycles. The van der Waals surface area contributed by atoms with Crippen LogP contribution in [0, 0.1) is 10.1 Å². The molecule has 0 spiro atoms.